The van der Waals surface area contributed by atoms with Gasteiger partial charge < -0.3 is 5.73 Å². The third kappa shape index (κ3) is 3.03. The van der Waals surface area contributed by atoms with Gasteiger partial charge in [-0.1, -0.05) is 18.6 Å². The second kappa shape index (κ2) is 5.43. The highest BCUT2D eigenvalue weighted by molar-refractivity contribution is 7.91. The first-order valence-corrected chi connectivity index (χ1v) is 9.00. The van der Waals surface area contributed by atoms with E-state index in [1.165, 1.54) is 6.26 Å². The van der Waals surface area contributed by atoms with Crippen LogP contribution in [0.5, 0.6) is 0 Å². The molecule has 2 aliphatic rings. The molecule has 4 nitrogen and oxygen atoms in total. The molecule has 0 aromatic heterocycles. The van der Waals surface area contributed by atoms with Gasteiger partial charge in [-0.05, 0) is 38.6 Å². The van der Waals surface area contributed by atoms with E-state index < -0.39 is 9.84 Å². The van der Waals surface area contributed by atoms with Crippen LogP contribution < -0.4 is 5.73 Å². The highest BCUT2D eigenvalue weighted by atomic mass is 32.2. The zero-order valence-corrected chi connectivity index (χ0v) is 12.5. The highest BCUT2D eigenvalue weighted by Gasteiger charge is 2.37. The Balaban J connectivity index is 2.07. The van der Waals surface area contributed by atoms with E-state index >= 15 is 0 Å². The summed E-state index contributed by atoms with van der Waals surface area (Å²) in [5.74, 6) is 0. The van der Waals surface area contributed by atoms with Crippen molar-refractivity contribution < 1.29 is 8.42 Å². The number of nitrogens with two attached hydrogens (primary N) is 1. The maximum absolute atomic E-state index is 11.7. The predicted molar refractivity (Wildman–Crippen MR) is 77.4 cm³/mol. The lowest BCUT2D eigenvalue weighted by Gasteiger charge is -2.37. The van der Waals surface area contributed by atoms with Crippen molar-refractivity contribution in [1.29, 1.82) is 0 Å². The molecule has 0 aromatic rings. The van der Waals surface area contributed by atoms with Crippen molar-refractivity contribution in [3.63, 3.8) is 0 Å². The van der Waals surface area contributed by atoms with Crippen LogP contribution >= 0.6 is 12.2 Å². The van der Waals surface area contributed by atoms with E-state index in [9.17, 15) is 8.42 Å². The minimum absolute atomic E-state index is 0.177. The van der Waals surface area contributed by atoms with Crippen molar-refractivity contribution >= 4 is 27.0 Å². The minimum Gasteiger partial charge on any atom is -0.392 e. The molecule has 3 unspecified atom stereocenters. The van der Waals surface area contributed by atoms with Gasteiger partial charge in [0.25, 0.3) is 0 Å². The summed E-state index contributed by atoms with van der Waals surface area (Å²) in [4.78, 5) is 2.91. The van der Waals surface area contributed by atoms with Crippen molar-refractivity contribution in [2.24, 2.45) is 5.73 Å². The van der Waals surface area contributed by atoms with E-state index in [2.05, 4.69) is 4.90 Å². The van der Waals surface area contributed by atoms with Crippen LogP contribution in [0.2, 0.25) is 0 Å². The largest absolute Gasteiger partial charge is 0.392 e. The first-order valence-electron chi connectivity index (χ1n) is 6.63. The van der Waals surface area contributed by atoms with Gasteiger partial charge in [0.1, 0.15) is 9.84 Å². The molecule has 18 heavy (non-hydrogen) atoms. The summed E-state index contributed by atoms with van der Waals surface area (Å²) in [5, 5.41) is -0.177. The van der Waals surface area contributed by atoms with Crippen molar-refractivity contribution in [2.45, 2.75) is 55.9 Å². The van der Waals surface area contributed by atoms with Crippen LogP contribution in [0.25, 0.3) is 0 Å². The average Bonchev–Trinajstić information content (AvgIpc) is 2.77. The summed E-state index contributed by atoms with van der Waals surface area (Å²) in [7, 11) is -2.92. The Morgan fingerprint density at radius 2 is 2.00 bits per heavy atom. The molecule has 1 aliphatic carbocycles. The smallest absolute Gasteiger partial charge is 0.150 e. The van der Waals surface area contributed by atoms with Gasteiger partial charge in [-0.2, -0.15) is 0 Å². The van der Waals surface area contributed by atoms with E-state index in [1.807, 2.05) is 0 Å². The lowest BCUT2D eigenvalue weighted by Crippen LogP contribution is -2.48. The topological polar surface area (TPSA) is 63.4 Å². The SMILES string of the molecule is CS(=O)(=O)C1CCCC(N2CCCC2C(N)=S)C1. The zero-order chi connectivity index (χ0) is 13.3. The molecule has 0 amide bonds. The summed E-state index contributed by atoms with van der Waals surface area (Å²) >= 11 is 5.12. The van der Waals surface area contributed by atoms with Gasteiger partial charge in [0, 0.05) is 12.3 Å². The zero-order valence-electron chi connectivity index (χ0n) is 10.8. The Morgan fingerprint density at radius 1 is 1.28 bits per heavy atom. The molecule has 0 spiro atoms. The Labute approximate surface area is 115 Å². The molecular formula is C12H22N2O2S2. The molecule has 6 heteroatoms. The lowest BCUT2D eigenvalue weighted by atomic mass is 9.93. The second-order valence-corrected chi connectivity index (χ2v) is 8.37. The molecule has 1 aliphatic heterocycles. The third-order valence-corrected chi connectivity index (χ3v) is 6.21. The summed E-state index contributed by atoms with van der Waals surface area (Å²) < 4.78 is 23.4. The molecule has 0 bridgehead atoms. The Kier molecular flexibility index (Phi) is 4.29. The van der Waals surface area contributed by atoms with Gasteiger partial charge in [-0.15, -0.1) is 0 Å². The first kappa shape index (κ1) is 14.2. The first-order chi connectivity index (χ1) is 8.39. The van der Waals surface area contributed by atoms with Crippen molar-refractivity contribution in [3.8, 4) is 0 Å². The van der Waals surface area contributed by atoms with E-state index in [0.717, 1.165) is 45.1 Å². The van der Waals surface area contributed by atoms with Crippen molar-refractivity contribution in [1.82, 2.24) is 4.90 Å². The van der Waals surface area contributed by atoms with E-state index in [1.54, 1.807) is 0 Å². The molecule has 2 fully saturated rings. The average molecular weight is 290 g/mol. The van der Waals surface area contributed by atoms with Gasteiger partial charge in [0.2, 0.25) is 0 Å². The Hall–Kier alpha value is -0.200. The van der Waals surface area contributed by atoms with Crippen LogP contribution in [0.1, 0.15) is 38.5 Å². The maximum Gasteiger partial charge on any atom is 0.150 e. The van der Waals surface area contributed by atoms with Crippen molar-refractivity contribution in [2.75, 3.05) is 12.8 Å². The fraction of sp³-hybridized carbons (Fsp3) is 0.917. The number of hydrogen-bond acceptors (Lipinski definition) is 4. The molecule has 3 atom stereocenters. The van der Waals surface area contributed by atoms with Crippen LogP contribution in [0.3, 0.4) is 0 Å². The fourth-order valence-corrected chi connectivity index (χ4v) is 4.76. The standard InChI is InChI=1S/C12H22N2O2S2/c1-18(15,16)10-5-2-4-9(8-10)14-7-3-6-11(14)12(13)17/h9-11H,2-8H2,1H3,(H2,13,17). The Bertz CT molecular complexity index is 422. The molecule has 1 saturated carbocycles. The Morgan fingerprint density at radius 3 is 2.61 bits per heavy atom. The molecule has 104 valence electrons. The van der Waals surface area contributed by atoms with Crippen LogP contribution in [0.4, 0.5) is 0 Å². The van der Waals surface area contributed by atoms with E-state index in [0.29, 0.717) is 11.0 Å². The van der Waals surface area contributed by atoms with Gasteiger partial charge in [0.05, 0.1) is 16.3 Å². The quantitative estimate of drug-likeness (QED) is 0.788. The molecule has 1 saturated heterocycles. The number of rotatable bonds is 3. The van der Waals surface area contributed by atoms with E-state index in [-0.39, 0.29) is 11.3 Å². The number of hydrogen-bond donors (Lipinski definition) is 1. The van der Waals surface area contributed by atoms with Crippen LogP contribution in [0.15, 0.2) is 0 Å². The fourth-order valence-electron chi connectivity index (χ4n) is 3.34. The van der Waals surface area contributed by atoms with Gasteiger partial charge in [-0.25, -0.2) is 8.42 Å². The lowest BCUT2D eigenvalue weighted by molar-refractivity contribution is 0.172. The molecular weight excluding hydrogens is 268 g/mol. The number of sulfone groups is 1. The molecule has 0 aromatic carbocycles. The summed E-state index contributed by atoms with van der Waals surface area (Å²) in [6.07, 6.45) is 7.11. The maximum atomic E-state index is 11.7. The molecule has 0 radical (unpaired) electrons. The minimum atomic E-state index is -2.92. The van der Waals surface area contributed by atoms with Crippen molar-refractivity contribution in [3.05, 3.63) is 0 Å². The van der Waals surface area contributed by atoms with Gasteiger partial charge in [0.15, 0.2) is 0 Å². The summed E-state index contributed by atoms with van der Waals surface area (Å²) in [5.41, 5.74) is 5.79. The highest BCUT2D eigenvalue weighted by Crippen LogP contribution is 2.31. The second-order valence-electron chi connectivity index (χ2n) is 5.57. The van der Waals surface area contributed by atoms with Gasteiger partial charge >= 0.3 is 0 Å². The molecule has 1 heterocycles. The summed E-state index contributed by atoms with van der Waals surface area (Å²) in [6.45, 7) is 1.00. The summed E-state index contributed by atoms with van der Waals surface area (Å²) in [6, 6.07) is 0.524. The predicted octanol–water partition coefficient (Wildman–Crippen LogP) is 1.09. The molecule has 2 rings (SSSR count). The number of nitrogens with zero attached hydrogens (tertiary/aromatic N) is 1. The number of thiocarbonyl (C=S) groups is 1. The normalized spacial score (nSPS) is 34.6. The third-order valence-electron chi connectivity index (χ3n) is 4.30. The molecule has 2 N–H and O–H groups in total. The van der Waals surface area contributed by atoms with Crippen LogP contribution in [0, 0.1) is 0 Å². The monoisotopic (exact) mass is 290 g/mol. The van der Waals surface area contributed by atoms with E-state index in [4.69, 9.17) is 18.0 Å². The van der Waals surface area contributed by atoms with Gasteiger partial charge in [-0.3, -0.25) is 4.90 Å². The van der Waals surface area contributed by atoms with Crippen LogP contribution in [-0.4, -0.2) is 48.4 Å². The van der Waals surface area contributed by atoms with Crippen LogP contribution in [-0.2, 0) is 9.84 Å². The number of likely N-dealkylation sites (tertiary alicyclic amines) is 1.